The summed E-state index contributed by atoms with van der Waals surface area (Å²) in [5.74, 6) is 1.41. The lowest BCUT2D eigenvalue weighted by Crippen LogP contribution is -2.41. The van der Waals surface area contributed by atoms with E-state index in [0.717, 1.165) is 17.8 Å². The highest BCUT2D eigenvalue weighted by Gasteiger charge is 2.23. The Hall–Kier alpha value is -2.34. The summed E-state index contributed by atoms with van der Waals surface area (Å²) in [7, 11) is 1.62. The number of carbonyl (C=O) groups is 1. The number of carbonyl (C=O) groups excluding carboxylic acids is 1. The molecule has 6 heteroatoms. The third-order valence-electron chi connectivity index (χ3n) is 4.36. The fourth-order valence-corrected chi connectivity index (χ4v) is 4.32. The second-order valence-electron chi connectivity index (χ2n) is 6.47. The standard InChI is InChI=1S/C21H26N2O3S/c1-4-26-18-10-9-16(11-19(18)25-3)12-22-21(24)14-23-13-15(2)27-20-8-6-5-7-17(20)23/h5-11,15H,4,12-14H2,1-3H3,(H,22,24). The Labute approximate surface area is 165 Å². The number of rotatable bonds is 7. The molecular formula is C21H26N2O3S. The van der Waals surface area contributed by atoms with Crippen molar-refractivity contribution in [1.82, 2.24) is 5.32 Å². The number of amides is 1. The van der Waals surface area contributed by atoms with E-state index in [1.165, 1.54) is 4.90 Å². The smallest absolute Gasteiger partial charge is 0.239 e. The molecule has 1 atom stereocenters. The van der Waals surface area contributed by atoms with Crippen LogP contribution in [0.1, 0.15) is 19.4 Å². The summed E-state index contributed by atoms with van der Waals surface area (Å²) in [5.41, 5.74) is 2.12. The minimum atomic E-state index is 0.0109. The average molecular weight is 387 g/mol. The molecule has 0 spiro atoms. The van der Waals surface area contributed by atoms with Gasteiger partial charge in [-0.1, -0.05) is 25.1 Å². The largest absolute Gasteiger partial charge is 0.493 e. The zero-order valence-electron chi connectivity index (χ0n) is 16.0. The van der Waals surface area contributed by atoms with Crippen molar-refractivity contribution in [2.45, 2.75) is 30.5 Å². The van der Waals surface area contributed by atoms with Crippen LogP contribution in [0.15, 0.2) is 47.4 Å². The maximum atomic E-state index is 12.5. The third kappa shape index (κ3) is 4.89. The topological polar surface area (TPSA) is 50.8 Å². The van der Waals surface area contributed by atoms with Crippen LogP contribution in [-0.2, 0) is 11.3 Å². The number of anilines is 1. The first-order chi connectivity index (χ1) is 13.1. The summed E-state index contributed by atoms with van der Waals surface area (Å²) in [6.07, 6.45) is 0. The van der Waals surface area contributed by atoms with E-state index in [2.05, 4.69) is 29.3 Å². The lowest BCUT2D eigenvalue weighted by atomic mass is 10.2. The van der Waals surface area contributed by atoms with Crippen LogP contribution in [0.4, 0.5) is 5.69 Å². The van der Waals surface area contributed by atoms with E-state index < -0.39 is 0 Å². The van der Waals surface area contributed by atoms with Gasteiger partial charge in [0, 0.05) is 23.2 Å². The molecule has 5 nitrogen and oxygen atoms in total. The van der Waals surface area contributed by atoms with Gasteiger partial charge in [-0.05, 0) is 36.8 Å². The van der Waals surface area contributed by atoms with Gasteiger partial charge in [-0.25, -0.2) is 0 Å². The Morgan fingerprint density at radius 2 is 2.07 bits per heavy atom. The van der Waals surface area contributed by atoms with Gasteiger partial charge in [0.15, 0.2) is 11.5 Å². The number of benzene rings is 2. The van der Waals surface area contributed by atoms with Crippen molar-refractivity contribution in [3.8, 4) is 11.5 Å². The van der Waals surface area contributed by atoms with E-state index in [9.17, 15) is 4.79 Å². The summed E-state index contributed by atoms with van der Waals surface area (Å²) < 4.78 is 10.9. The quantitative estimate of drug-likeness (QED) is 0.786. The molecule has 2 aromatic rings. The molecule has 1 amide bonds. The molecule has 0 saturated heterocycles. The van der Waals surface area contributed by atoms with Crippen LogP contribution in [0.2, 0.25) is 0 Å². The molecule has 1 aliphatic heterocycles. The first-order valence-electron chi connectivity index (χ1n) is 9.17. The monoisotopic (exact) mass is 386 g/mol. The van der Waals surface area contributed by atoms with Gasteiger partial charge in [-0.2, -0.15) is 0 Å². The predicted octanol–water partition coefficient (Wildman–Crippen LogP) is 3.71. The van der Waals surface area contributed by atoms with Gasteiger partial charge in [-0.15, -0.1) is 11.8 Å². The molecule has 1 unspecified atom stereocenters. The van der Waals surface area contributed by atoms with Gasteiger partial charge in [0.05, 0.1) is 25.9 Å². The van der Waals surface area contributed by atoms with Crippen molar-refractivity contribution in [2.75, 3.05) is 31.7 Å². The van der Waals surface area contributed by atoms with Crippen LogP contribution >= 0.6 is 11.8 Å². The molecule has 0 aliphatic carbocycles. The van der Waals surface area contributed by atoms with Gasteiger partial charge in [0.1, 0.15) is 0 Å². The summed E-state index contributed by atoms with van der Waals surface area (Å²) in [6.45, 7) is 6.40. The first-order valence-corrected chi connectivity index (χ1v) is 10.1. The minimum Gasteiger partial charge on any atom is -0.493 e. The van der Waals surface area contributed by atoms with Gasteiger partial charge < -0.3 is 19.7 Å². The predicted molar refractivity (Wildman–Crippen MR) is 110 cm³/mol. The van der Waals surface area contributed by atoms with Crippen LogP contribution in [-0.4, -0.2) is 38.0 Å². The Bertz CT molecular complexity index is 797. The zero-order valence-corrected chi connectivity index (χ0v) is 16.8. The van der Waals surface area contributed by atoms with Crippen LogP contribution in [0, 0.1) is 0 Å². The van der Waals surface area contributed by atoms with Crippen molar-refractivity contribution in [3.63, 3.8) is 0 Å². The number of ether oxygens (including phenoxy) is 2. The molecule has 1 aliphatic rings. The van der Waals surface area contributed by atoms with E-state index in [4.69, 9.17) is 9.47 Å². The third-order valence-corrected chi connectivity index (χ3v) is 5.51. The normalized spacial score (nSPS) is 15.8. The highest BCUT2D eigenvalue weighted by molar-refractivity contribution is 8.00. The molecule has 3 rings (SSSR count). The number of fused-ring (bicyclic) bond motifs is 1. The van der Waals surface area contributed by atoms with Gasteiger partial charge in [0.2, 0.25) is 5.91 Å². The van der Waals surface area contributed by atoms with E-state index in [1.807, 2.05) is 49.0 Å². The molecule has 2 aromatic carbocycles. The molecule has 1 heterocycles. The van der Waals surface area contributed by atoms with Crippen molar-refractivity contribution >= 4 is 23.4 Å². The molecule has 27 heavy (non-hydrogen) atoms. The number of methoxy groups -OCH3 is 1. The Kier molecular flexibility index (Phi) is 6.50. The van der Waals surface area contributed by atoms with Gasteiger partial charge in [0.25, 0.3) is 0 Å². The first kappa shape index (κ1) is 19.4. The molecule has 0 saturated carbocycles. The van der Waals surface area contributed by atoms with Crippen LogP contribution in [0.5, 0.6) is 11.5 Å². The van der Waals surface area contributed by atoms with Gasteiger partial charge >= 0.3 is 0 Å². The van der Waals surface area contributed by atoms with Crippen LogP contribution in [0.25, 0.3) is 0 Å². The Balaban J connectivity index is 1.60. The molecular weight excluding hydrogens is 360 g/mol. The van der Waals surface area contributed by atoms with Crippen LogP contribution < -0.4 is 19.7 Å². The number of nitrogens with one attached hydrogen (secondary N) is 1. The minimum absolute atomic E-state index is 0.0109. The Morgan fingerprint density at radius 3 is 2.85 bits per heavy atom. The van der Waals surface area contributed by atoms with Crippen molar-refractivity contribution in [3.05, 3.63) is 48.0 Å². The van der Waals surface area contributed by atoms with Crippen molar-refractivity contribution < 1.29 is 14.3 Å². The lowest BCUT2D eigenvalue weighted by Gasteiger charge is -2.33. The molecule has 0 aromatic heterocycles. The molecule has 0 bridgehead atoms. The number of hydrogen-bond donors (Lipinski definition) is 1. The van der Waals surface area contributed by atoms with Crippen molar-refractivity contribution in [2.24, 2.45) is 0 Å². The fraction of sp³-hybridized carbons (Fsp3) is 0.381. The van der Waals surface area contributed by atoms with E-state index in [1.54, 1.807) is 7.11 Å². The lowest BCUT2D eigenvalue weighted by molar-refractivity contribution is -0.119. The second-order valence-corrected chi connectivity index (χ2v) is 7.95. The Morgan fingerprint density at radius 1 is 1.26 bits per heavy atom. The maximum absolute atomic E-state index is 12.5. The summed E-state index contributed by atoms with van der Waals surface area (Å²) in [4.78, 5) is 15.9. The highest BCUT2D eigenvalue weighted by atomic mass is 32.2. The number of para-hydroxylation sites is 1. The SMILES string of the molecule is CCOc1ccc(CNC(=O)CN2CC(C)Sc3ccccc32)cc1OC. The van der Waals surface area contributed by atoms with Crippen LogP contribution in [0.3, 0.4) is 0 Å². The number of hydrogen-bond acceptors (Lipinski definition) is 5. The molecule has 144 valence electrons. The molecule has 1 N–H and O–H groups in total. The summed E-state index contributed by atoms with van der Waals surface area (Å²) in [6, 6.07) is 14.0. The maximum Gasteiger partial charge on any atom is 0.239 e. The summed E-state index contributed by atoms with van der Waals surface area (Å²) in [5, 5.41) is 3.47. The zero-order chi connectivity index (χ0) is 19.2. The van der Waals surface area contributed by atoms with E-state index >= 15 is 0 Å². The number of nitrogens with zero attached hydrogens (tertiary/aromatic N) is 1. The average Bonchev–Trinajstić information content (AvgIpc) is 2.67. The second kappa shape index (κ2) is 9.04. The number of thioether (sulfide) groups is 1. The van der Waals surface area contributed by atoms with E-state index in [-0.39, 0.29) is 5.91 Å². The van der Waals surface area contributed by atoms with Gasteiger partial charge in [-0.3, -0.25) is 4.79 Å². The van der Waals surface area contributed by atoms with E-state index in [0.29, 0.717) is 36.4 Å². The fourth-order valence-electron chi connectivity index (χ4n) is 3.16. The summed E-state index contributed by atoms with van der Waals surface area (Å²) >= 11 is 1.86. The van der Waals surface area contributed by atoms with Crippen molar-refractivity contribution in [1.29, 1.82) is 0 Å². The molecule has 0 radical (unpaired) electrons. The highest BCUT2D eigenvalue weighted by Crippen LogP contribution is 2.37. The molecule has 0 fully saturated rings.